The van der Waals surface area contributed by atoms with Gasteiger partial charge in [-0.2, -0.15) is 0 Å². The van der Waals surface area contributed by atoms with Crippen LogP contribution in [0, 0.1) is 5.41 Å². The van der Waals surface area contributed by atoms with Gasteiger partial charge in [0.05, 0.1) is 0 Å². The molecule has 1 rings (SSSR count). The molecule has 1 unspecified atom stereocenters. The Morgan fingerprint density at radius 1 is 1.29 bits per heavy atom. The van der Waals surface area contributed by atoms with Gasteiger partial charge in [-0.15, -0.1) is 24.0 Å². The Balaban J connectivity index is 0.00000529. The lowest BCUT2D eigenvalue weighted by molar-refractivity contribution is -0.121. The van der Waals surface area contributed by atoms with Crippen LogP contribution in [-0.4, -0.2) is 37.0 Å². The Bertz CT molecular complexity index is 389. The molecule has 0 spiro atoms. The molecule has 1 fully saturated rings. The predicted molar refractivity (Wildman–Crippen MR) is 113 cm³/mol. The first-order valence-electron chi connectivity index (χ1n) is 9.14. The van der Waals surface area contributed by atoms with Crippen molar-refractivity contribution in [3.8, 4) is 0 Å². The van der Waals surface area contributed by atoms with E-state index in [0.29, 0.717) is 30.5 Å². The van der Waals surface area contributed by atoms with E-state index in [1.54, 1.807) is 0 Å². The second-order valence-electron chi connectivity index (χ2n) is 7.85. The zero-order valence-electron chi connectivity index (χ0n) is 16.1. The van der Waals surface area contributed by atoms with Crippen molar-refractivity contribution in [1.82, 2.24) is 16.0 Å². The van der Waals surface area contributed by atoms with Gasteiger partial charge >= 0.3 is 0 Å². The summed E-state index contributed by atoms with van der Waals surface area (Å²) in [5.74, 6) is 1.02. The summed E-state index contributed by atoms with van der Waals surface area (Å²) < 4.78 is 0. The quantitative estimate of drug-likeness (QED) is 0.217. The second kappa shape index (κ2) is 11.9. The maximum atomic E-state index is 11.6. The standard InChI is InChI=1S/C18H36N4O.HI/c1-6-19-17(21-14(2)11-12-18(3,4)5)20-13-7-8-16(23)22-15-9-10-15;/h14-15H,6-13H2,1-5H3,(H,22,23)(H2,19,20,21);1H. The van der Waals surface area contributed by atoms with E-state index in [4.69, 9.17) is 0 Å². The molecule has 0 saturated heterocycles. The summed E-state index contributed by atoms with van der Waals surface area (Å²) >= 11 is 0. The number of hydrogen-bond donors (Lipinski definition) is 3. The van der Waals surface area contributed by atoms with E-state index in [1.165, 1.54) is 6.42 Å². The zero-order chi connectivity index (χ0) is 17.3. The average molecular weight is 452 g/mol. The van der Waals surface area contributed by atoms with Crippen molar-refractivity contribution in [3.05, 3.63) is 0 Å². The number of nitrogens with zero attached hydrogens (tertiary/aromatic N) is 1. The largest absolute Gasteiger partial charge is 0.357 e. The van der Waals surface area contributed by atoms with E-state index >= 15 is 0 Å². The van der Waals surface area contributed by atoms with E-state index in [0.717, 1.165) is 38.2 Å². The lowest BCUT2D eigenvalue weighted by Crippen LogP contribution is -2.42. The number of hydrogen-bond acceptors (Lipinski definition) is 2. The van der Waals surface area contributed by atoms with Crippen molar-refractivity contribution in [1.29, 1.82) is 0 Å². The predicted octanol–water partition coefficient (Wildman–Crippen LogP) is 3.43. The number of guanidine groups is 1. The highest BCUT2D eigenvalue weighted by Crippen LogP contribution is 2.21. The molecule has 1 aliphatic rings. The summed E-state index contributed by atoms with van der Waals surface area (Å²) in [5, 5.41) is 9.75. The zero-order valence-corrected chi connectivity index (χ0v) is 18.4. The first-order valence-corrected chi connectivity index (χ1v) is 9.14. The maximum absolute atomic E-state index is 11.6. The molecule has 0 bridgehead atoms. The molecular weight excluding hydrogens is 415 g/mol. The molecule has 0 aromatic carbocycles. The Morgan fingerprint density at radius 3 is 2.50 bits per heavy atom. The molecule has 5 nitrogen and oxygen atoms in total. The van der Waals surface area contributed by atoms with Gasteiger partial charge in [-0.05, 0) is 51.4 Å². The highest BCUT2D eigenvalue weighted by atomic mass is 127. The van der Waals surface area contributed by atoms with E-state index in [9.17, 15) is 4.79 Å². The fourth-order valence-corrected chi connectivity index (χ4v) is 2.23. The van der Waals surface area contributed by atoms with Crippen molar-refractivity contribution in [2.24, 2.45) is 10.4 Å². The fourth-order valence-electron chi connectivity index (χ4n) is 2.23. The number of carbonyl (C=O) groups excluding carboxylic acids is 1. The second-order valence-corrected chi connectivity index (χ2v) is 7.85. The minimum atomic E-state index is 0. The third kappa shape index (κ3) is 12.8. The Hall–Kier alpha value is -0.530. The first kappa shape index (κ1) is 23.5. The first-order chi connectivity index (χ1) is 10.8. The lowest BCUT2D eigenvalue weighted by atomic mass is 9.89. The van der Waals surface area contributed by atoms with E-state index in [1.807, 2.05) is 0 Å². The van der Waals surface area contributed by atoms with Gasteiger partial charge in [-0.1, -0.05) is 20.8 Å². The number of amides is 1. The van der Waals surface area contributed by atoms with E-state index < -0.39 is 0 Å². The van der Waals surface area contributed by atoms with Crippen LogP contribution < -0.4 is 16.0 Å². The van der Waals surface area contributed by atoms with Crippen LogP contribution in [0.3, 0.4) is 0 Å². The molecule has 24 heavy (non-hydrogen) atoms. The highest BCUT2D eigenvalue weighted by Gasteiger charge is 2.22. The molecule has 142 valence electrons. The van der Waals surface area contributed by atoms with Gasteiger partial charge < -0.3 is 16.0 Å². The van der Waals surface area contributed by atoms with Crippen LogP contribution in [0.5, 0.6) is 0 Å². The van der Waals surface area contributed by atoms with Crippen LogP contribution in [0.15, 0.2) is 4.99 Å². The van der Waals surface area contributed by atoms with Gasteiger partial charge in [0.25, 0.3) is 0 Å². The molecule has 6 heteroatoms. The SMILES string of the molecule is CCNC(=NCCCC(=O)NC1CC1)NC(C)CCC(C)(C)C.I. The average Bonchev–Trinajstić information content (AvgIpc) is 3.24. The number of halogens is 1. The van der Waals surface area contributed by atoms with Crippen molar-refractivity contribution < 1.29 is 4.79 Å². The smallest absolute Gasteiger partial charge is 0.220 e. The molecular formula is C18H37IN4O. The minimum absolute atomic E-state index is 0. The summed E-state index contributed by atoms with van der Waals surface area (Å²) in [4.78, 5) is 16.2. The van der Waals surface area contributed by atoms with Gasteiger partial charge in [-0.3, -0.25) is 9.79 Å². The molecule has 3 N–H and O–H groups in total. The summed E-state index contributed by atoms with van der Waals surface area (Å²) in [5.41, 5.74) is 0.361. The van der Waals surface area contributed by atoms with Gasteiger partial charge in [-0.25, -0.2) is 0 Å². The third-order valence-corrected chi connectivity index (χ3v) is 3.83. The van der Waals surface area contributed by atoms with Crippen molar-refractivity contribution in [2.75, 3.05) is 13.1 Å². The Labute approximate surface area is 165 Å². The van der Waals surface area contributed by atoms with Crippen LogP contribution in [0.25, 0.3) is 0 Å². The topological polar surface area (TPSA) is 65.5 Å². The van der Waals surface area contributed by atoms with Crippen molar-refractivity contribution >= 4 is 35.8 Å². The molecule has 0 radical (unpaired) electrons. The van der Waals surface area contributed by atoms with Gasteiger partial charge in [0, 0.05) is 31.6 Å². The van der Waals surface area contributed by atoms with Crippen molar-refractivity contribution in [2.45, 2.75) is 85.2 Å². The van der Waals surface area contributed by atoms with Crippen molar-refractivity contribution in [3.63, 3.8) is 0 Å². The monoisotopic (exact) mass is 452 g/mol. The maximum Gasteiger partial charge on any atom is 0.220 e. The Kier molecular flexibility index (Phi) is 11.7. The van der Waals surface area contributed by atoms with Gasteiger partial charge in [0.15, 0.2) is 5.96 Å². The molecule has 0 aromatic rings. The fraction of sp³-hybridized carbons (Fsp3) is 0.889. The normalized spacial score (nSPS) is 16.1. The summed E-state index contributed by atoms with van der Waals surface area (Å²) in [6.45, 7) is 12.6. The van der Waals surface area contributed by atoms with E-state index in [-0.39, 0.29) is 29.9 Å². The molecule has 1 saturated carbocycles. The minimum Gasteiger partial charge on any atom is -0.357 e. The van der Waals surface area contributed by atoms with E-state index in [2.05, 4.69) is 55.6 Å². The molecule has 0 heterocycles. The molecule has 1 atom stereocenters. The van der Waals surface area contributed by atoms with Gasteiger partial charge in [0.2, 0.25) is 5.91 Å². The summed E-state index contributed by atoms with van der Waals surface area (Å²) in [6, 6.07) is 0.846. The number of aliphatic imine (C=N–C) groups is 1. The Morgan fingerprint density at radius 2 is 1.96 bits per heavy atom. The summed E-state index contributed by atoms with van der Waals surface area (Å²) in [6.07, 6.45) is 5.96. The third-order valence-electron chi connectivity index (χ3n) is 3.83. The van der Waals surface area contributed by atoms with Gasteiger partial charge in [0.1, 0.15) is 0 Å². The molecule has 1 aliphatic carbocycles. The number of nitrogens with one attached hydrogen (secondary N) is 3. The molecule has 1 amide bonds. The van der Waals surface area contributed by atoms with Crippen LogP contribution in [0.1, 0.15) is 73.1 Å². The summed E-state index contributed by atoms with van der Waals surface area (Å²) in [7, 11) is 0. The highest BCUT2D eigenvalue weighted by molar-refractivity contribution is 14.0. The van der Waals surface area contributed by atoms with Crippen LogP contribution in [0.2, 0.25) is 0 Å². The van der Waals surface area contributed by atoms with Crippen LogP contribution >= 0.6 is 24.0 Å². The number of rotatable bonds is 9. The van der Waals surface area contributed by atoms with Crippen LogP contribution in [-0.2, 0) is 4.79 Å². The number of carbonyl (C=O) groups is 1. The van der Waals surface area contributed by atoms with Crippen LogP contribution in [0.4, 0.5) is 0 Å². The molecule has 0 aliphatic heterocycles. The lowest BCUT2D eigenvalue weighted by Gasteiger charge is -2.23. The molecule has 0 aromatic heterocycles.